The molecule has 4 heteroatoms. The summed E-state index contributed by atoms with van der Waals surface area (Å²) in [4.78, 5) is 8.69. The molecule has 2 heterocycles. The molecule has 98 valence electrons. The van der Waals surface area contributed by atoms with Crippen molar-refractivity contribution in [2.24, 2.45) is 0 Å². The fourth-order valence-corrected chi connectivity index (χ4v) is 2.32. The van der Waals surface area contributed by atoms with Crippen molar-refractivity contribution in [2.45, 2.75) is 26.2 Å². The number of hydrogen-bond donors (Lipinski definition) is 1. The van der Waals surface area contributed by atoms with Crippen LogP contribution in [0.3, 0.4) is 0 Å². The first kappa shape index (κ1) is 12.1. The van der Waals surface area contributed by atoms with Crippen molar-refractivity contribution in [3.63, 3.8) is 0 Å². The van der Waals surface area contributed by atoms with Gasteiger partial charge in [0, 0.05) is 5.39 Å². The highest BCUT2D eigenvalue weighted by molar-refractivity contribution is 6.04. The topological polar surface area (TPSA) is 55.5 Å². The maximum Gasteiger partial charge on any atom is 0.271 e. The molecule has 0 atom stereocenters. The van der Waals surface area contributed by atoms with Crippen LogP contribution in [0.25, 0.3) is 22.1 Å². The second-order valence-electron chi connectivity index (χ2n) is 4.73. The van der Waals surface area contributed by atoms with Crippen LogP contribution in [0, 0.1) is 0 Å². The predicted molar refractivity (Wildman–Crippen MR) is 75.3 cm³/mol. The number of hydrogen-bond acceptors (Lipinski definition) is 3. The second-order valence-corrected chi connectivity index (χ2v) is 4.73. The molecule has 3 rings (SSSR count). The molecule has 0 saturated heterocycles. The third-order valence-electron chi connectivity index (χ3n) is 3.33. The standard InChI is InChI=1S/C15H17N3O/c1-2-3-6-9-16-15-14-13(17-10-18-15)11-7-4-5-8-12(11)19-14/h4-5,7-8,10H,2-3,6,9H2,1H3,(H,16,17,18)/p+1. The molecule has 19 heavy (non-hydrogen) atoms. The smallest absolute Gasteiger partial charge is 0.271 e. The summed E-state index contributed by atoms with van der Waals surface area (Å²) >= 11 is 0. The van der Waals surface area contributed by atoms with Crippen molar-refractivity contribution in [3.05, 3.63) is 30.6 Å². The molecule has 1 aromatic carbocycles. The van der Waals surface area contributed by atoms with E-state index in [0.29, 0.717) is 0 Å². The Morgan fingerprint density at radius 3 is 2.95 bits per heavy atom. The minimum Gasteiger partial charge on any atom is -0.446 e. The van der Waals surface area contributed by atoms with E-state index in [1.54, 1.807) is 6.33 Å². The average Bonchev–Trinajstić information content (AvgIpc) is 2.83. The van der Waals surface area contributed by atoms with E-state index in [1.165, 1.54) is 19.3 Å². The number of unbranched alkanes of at least 4 members (excludes halogenated alkanes) is 2. The van der Waals surface area contributed by atoms with E-state index in [4.69, 9.17) is 4.42 Å². The van der Waals surface area contributed by atoms with E-state index >= 15 is 0 Å². The summed E-state index contributed by atoms with van der Waals surface area (Å²) in [5.41, 5.74) is 2.59. The van der Waals surface area contributed by atoms with Crippen LogP contribution in [0.15, 0.2) is 35.0 Å². The van der Waals surface area contributed by atoms with Gasteiger partial charge in [0.15, 0.2) is 0 Å². The minimum absolute atomic E-state index is 0.806. The lowest BCUT2D eigenvalue weighted by Gasteiger charge is -1.99. The highest BCUT2D eigenvalue weighted by atomic mass is 16.3. The van der Waals surface area contributed by atoms with Gasteiger partial charge in [0.1, 0.15) is 17.4 Å². The lowest BCUT2D eigenvalue weighted by molar-refractivity contribution is -0.574. The van der Waals surface area contributed by atoms with Crippen LogP contribution in [0.1, 0.15) is 26.2 Å². The molecular weight excluding hydrogens is 238 g/mol. The van der Waals surface area contributed by atoms with E-state index in [2.05, 4.69) is 22.2 Å². The lowest BCUT2D eigenvalue weighted by atomic mass is 10.2. The summed E-state index contributed by atoms with van der Waals surface area (Å²) in [6.45, 7) is 3.25. The molecule has 0 bridgehead atoms. The van der Waals surface area contributed by atoms with Gasteiger partial charge < -0.3 is 4.42 Å². The number of para-hydroxylation sites is 1. The quantitative estimate of drug-likeness (QED) is 0.714. The van der Waals surface area contributed by atoms with Crippen molar-refractivity contribution >= 4 is 27.9 Å². The normalized spacial score (nSPS) is 11.4. The Balaban J connectivity index is 1.96. The van der Waals surface area contributed by atoms with Gasteiger partial charge in [-0.05, 0) is 25.0 Å². The van der Waals surface area contributed by atoms with Crippen LogP contribution in [-0.2, 0) is 0 Å². The first-order valence-electron chi connectivity index (χ1n) is 6.85. The number of fused-ring (bicyclic) bond motifs is 3. The Bertz CT molecular complexity index is 690. The van der Waals surface area contributed by atoms with Crippen molar-refractivity contribution < 1.29 is 9.73 Å². The van der Waals surface area contributed by atoms with Gasteiger partial charge in [-0.25, -0.2) is 4.98 Å². The van der Waals surface area contributed by atoms with Crippen LogP contribution in [0.5, 0.6) is 0 Å². The molecular formula is C15H18N3O+. The van der Waals surface area contributed by atoms with Gasteiger partial charge in [-0.3, -0.25) is 5.32 Å². The van der Waals surface area contributed by atoms with Gasteiger partial charge in [-0.1, -0.05) is 25.5 Å². The zero-order valence-corrected chi connectivity index (χ0v) is 11.1. The lowest BCUT2D eigenvalue weighted by Crippen LogP contribution is -2.78. The van der Waals surface area contributed by atoms with E-state index in [9.17, 15) is 0 Å². The van der Waals surface area contributed by atoms with Crippen molar-refractivity contribution in [2.75, 3.05) is 6.54 Å². The van der Waals surface area contributed by atoms with Gasteiger partial charge in [-0.15, -0.1) is 0 Å². The van der Waals surface area contributed by atoms with Crippen LogP contribution in [0.4, 0.5) is 5.82 Å². The van der Waals surface area contributed by atoms with E-state index in [0.717, 1.165) is 34.4 Å². The van der Waals surface area contributed by atoms with Gasteiger partial charge in [0.25, 0.3) is 5.82 Å². The number of benzene rings is 1. The van der Waals surface area contributed by atoms with E-state index < -0.39 is 0 Å². The molecule has 0 unspecified atom stereocenters. The van der Waals surface area contributed by atoms with Gasteiger partial charge >= 0.3 is 0 Å². The number of nitrogens with two attached hydrogens (primary N) is 1. The van der Waals surface area contributed by atoms with Crippen molar-refractivity contribution in [1.29, 1.82) is 0 Å². The Morgan fingerprint density at radius 2 is 2.05 bits per heavy atom. The first-order chi connectivity index (χ1) is 9.40. The summed E-state index contributed by atoms with van der Waals surface area (Å²) in [6, 6.07) is 7.99. The minimum atomic E-state index is 0.806. The molecule has 0 radical (unpaired) electrons. The zero-order valence-electron chi connectivity index (χ0n) is 11.1. The maximum atomic E-state index is 5.88. The zero-order chi connectivity index (χ0) is 13.1. The SMILES string of the molecule is CCCCC[NH2+]c1ncnc2c1oc1ccccc12. The summed E-state index contributed by atoms with van der Waals surface area (Å²) in [6.07, 6.45) is 5.31. The summed E-state index contributed by atoms with van der Waals surface area (Å²) < 4.78 is 5.88. The number of aromatic nitrogens is 2. The summed E-state index contributed by atoms with van der Waals surface area (Å²) in [5, 5.41) is 3.21. The highest BCUT2D eigenvalue weighted by Gasteiger charge is 2.14. The van der Waals surface area contributed by atoms with Gasteiger partial charge in [0.05, 0.1) is 6.54 Å². The van der Waals surface area contributed by atoms with E-state index in [1.807, 2.05) is 24.3 Å². The predicted octanol–water partition coefficient (Wildman–Crippen LogP) is 2.76. The summed E-state index contributed by atoms with van der Waals surface area (Å²) in [5.74, 6) is 0.914. The van der Waals surface area contributed by atoms with Crippen LogP contribution >= 0.6 is 0 Å². The van der Waals surface area contributed by atoms with Crippen LogP contribution in [0.2, 0.25) is 0 Å². The van der Waals surface area contributed by atoms with Gasteiger partial charge in [-0.2, -0.15) is 4.98 Å². The third-order valence-corrected chi connectivity index (χ3v) is 3.33. The molecule has 0 spiro atoms. The monoisotopic (exact) mass is 256 g/mol. The molecule has 0 amide bonds. The highest BCUT2D eigenvalue weighted by Crippen LogP contribution is 2.28. The Hall–Kier alpha value is -1.94. The number of rotatable bonds is 5. The number of furan rings is 1. The Morgan fingerprint density at radius 1 is 1.16 bits per heavy atom. The molecule has 4 nitrogen and oxygen atoms in total. The second kappa shape index (κ2) is 5.36. The Kier molecular flexibility index (Phi) is 3.42. The summed E-state index contributed by atoms with van der Waals surface area (Å²) in [7, 11) is 0. The molecule has 2 N–H and O–H groups in total. The van der Waals surface area contributed by atoms with Crippen molar-refractivity contribution in [3.8, 4) is 0 Å². The average molecular weight is 256 g/mol. The first-order valence-corrected chi connectivity index (χ1v) is 6.85. The van der Waals surface area contributed by atoms with Crippen molar-refractivity contribution in [1.82, 2.24) is 9.97 Å². The van der Waals surface area contributed by atoms with E-state index in [-0.39, 0.29) is 0 Å². The maximum absolute atomic E-state index is 5.88. The fourth-order valence-electron chi connectivity index (χ4n) is 2.32. The fraction of sp³-hybridized carbons (Fsp3) is 0.333. The molecule has 0 aliphatic carbocycles. The Labute approximate surface area is 111 Å². The number of nitrogens with zero attached hydrogens (tertiary/aromatic N) is 2. The number of quaternary nitrogens is 1. The molecule has 3 aromatic rings. The molecule has 0 fully saturated rings. The molecule has 0 aliphatic heterocycles. The molecule has 2 aromatic heterocycles. The van der Waals surface area contributed by atoms with Gasteiger partial charge in [0.2, 0.25) is 5.58 Å². The molecule has 0 aliphatic rings. The third kappa shape index (κ3) is 2.31. The molecule has 0 saturated carbocycles. The largest absolute Gasteiger partial charge is 0.446 e. The van der Waals surface area contributed by atoms with Crippen LogP contribution in [-0.4, -0.2) is 16.5 Å². The van der Waals surface area contributed by atoms with Crippen LogP contribution < -0.4 is 5.32 Å².